The van der Waals surface area contributed by atoms with Gasteiger partial charge in [0.1, 0.15) is 5.69 Å². The van der Waals surface area contributed by atoms with Crippen molar-refractivity contribution in [3.63, 3.8) is 0 Å². The Kier molecular flexibility index (Phi) is 1.98. The van der Waals surface area contributed by atoms with Crippen molar-refractivity contribution in [2.24, 2.45) is 0 Å². The topological polar surface area (TPSA) is 39.7 Å². The van der Waals surface area contributed by atoms with Gasteiger partial charge in [0.25, 0.3) is 0 Å². The van der Waals surface area contributed by atoms with Crippen molar-refractivity contribution in [2.45, 2.75) is 6.42 Å². The first kappa shape index (κ1) is 9.43. The lowest BCUT2D eigenvalue weighted by Crippen LogP contribution is -2.40. The Morgan fingerprint density at radius 3 is 2.44 bits per heavy atom. The van der Waals surface area contributed by atoms with E-state index in [4.69, 9.17) is 0 Å². The molecule has 3 rings (SSSR count). The maximum Gasteiger partial charge on any atom is 0.128 e. The van der Waals surface area contributed by atoms with Gasteiger partial charge in [-0.3, -0.25) is 0 Å². The zero-order valence-electron chi connectivity index (χ0n) is 9.38. The molecule has 0 radical (unpaired) electrons. The second-order valence-corrected chi connectivity index (χ2v) is 4.29. The van der Waals surface area contributed by atoms with E-state index in [-0.39, 0.29) is 0 Å². The molecule has 0 heterocycles. The van der Waals surface area contributed by atoms with E-state index in [1.54, 1.807) is 0 Å². The third kappa shape index (κ3) is 1.31. The Hall–Kier alpha value is -1.80. The van der Waals surface area contributed by atoms with Gasteiger partial charge >= 0.3 is 0 Å². The number of fused-ring (bicyclic) bond motifs is 3. The standard InChI is InChI=1S/C14H14N2/c1-16-12-3-5-14-10(8-12)6-9-7-11(15)2-4-13(9)14/h2-5,7-8,16H,6,15H2,1H3/p+1. The Bertz CT molecular complexity index is 559. The average molecular weight is 211 g/mol. The van der Waals surface area contributed by atoms with Crippen LogP contribution in [-0.4, -0.2) is 7.05 Å². The summed E-state index contributed by atoms with van der Waals surface area (Å²) in [5.41, 5.74) is 11.8. The van der Waals surface area contributed by atoms with Crippen LogP contribution < -0.4 is 11.1 Å². The summed E-state index contributed by atoms with van der Waals surface area (Å²) in [5.74, 6) is 0. The average Bonchev–Trinajstić information content (AvgIpc) is 2.64. The maximum atomic E-state index is 3.98. The second-order valence-electron chi connectivity index (χ2n) is 4.29. The number of anilines is 1. The van der Waals surface area contributed by atoms with Gasteiger partial charge < -0.3 is 11.1 Å². The van der Waals surface area contributed by atoms with Gasteiger partial charge in [-0.25, -0.2) is 0 Å². The van der Waals surface area contributed by atoms with Crippen molar-refractivity contribution in [3.8, 4) is 11.1 Å². The molecule has 4 N–H and O–H groups in total. The van der Waals surface area contributed by atoms with E-state index in [1.807, 2.05) is 7.05 Å². The maximum absolute atomic E-state index is 3.98. The van der Waals surface area contributed by atoms with Gasteiger partial charge in [-0.2, -0.15) is 0 Å². The summed E-state index contributed by atoms with van der Waals surface area (Å²) in [5, 5.41) is 3.18. The summed E-state index contributed by atoms with van der Waals surface area (Å²) in [6.07, 6.45) is 1.03. The fraction of sp³-hybridized carbons (Fsp3) is 0.143. The van der Waals surface area contributed by atoms with Crippen LogP contribution in [0.3, 0.4) is 0 Å². The third-order valence-corrected chi connectivity index (χ3v) is 3.23. The predicted octanol–water partition coefficient (Wildman–Crippen LogP) is 2.17. The minimum absolute atomic E-state index is 1.03. The van der Waals surface area contributed by atoms with E-state index >= 15 is 0 Å². The van der Waals surface area contributed by atoms with E-state index in [0.29, 0.717) is 0 Å². The van der Waals surface area contributed by atoms with Crippen LogP contribution >= 0.6 is 0 Å². The molecule has 80 valence electrons. The van der Waals surface area contributed by atoms with Crippen molar-refractivity contribution in [3.05, 3.63) is 47.5 Å². The minimum Gasteiger partial charge on any atom is -0.388 e. The van der Waals surface area contributed by atoms with Crippen LogP contribution in [0.25, 0.3) is 11.1 Å². The van der Waals surface area contributed by atoms with Crippen LogP contribution in [0.2, 0.25) is 0 Å². The third-order valence-electron chi connectivity index (χ3n) is 3.23. The lowest BCUT2D eigenvalue weighted by molar-refractivity contribution is -0.254. The highest BCUT2D eigenvalue weighted by molar-refractivity contribution is 5.79. The Balaban J connectivity index is 2.16. The molecule has 0 saturated heterocycles. The Morgan fingerprint density at radius 1 is 1.00 bits per heavy atom. The van der Waals surface area contributed by atoms with Gasteiger partial charge in [-0.05, 0) is 52.9 Å². The molecule has 2 heteroatoms. The number of rotatable bonds is 1. The molecule has 0 aliphatic heterocycles. The molecule has 2 nitrogen and oxygen atoms in total. The molecular formula is C14H15N2+. The van der Waals surface area contributed by atoms with Crippen LogP contribution in [0.15, 0.2) is 36.4 Å². The van der Waals surface area contributed by atoms with Crippen LogP contribution in [0.5, 0.6) is 0 Å². The van der Waals surface area contributed by atoms with Gasteiger partial charge in [0, 0.05) is 18.8 Å². The fourth-order valence-corrected chi connectivity index (χ4v) is 2.42. The van der Waals surface area contributed by atoms with E-state index < -0.39 is 0 Å². The zero-order chi connectivity index (χ0) is 11.1. The zero-order valence-corrected chi connectivity index (χ0v) is 9.38. The first-order chi connectivity index (χ1) is 7.78. The minimum atomic E-state index is 1.03. The number of nitrogens with one attached hydrogen (secondary N) is 1. The lowest BCUT2D eigenvalue weighted by Gasteiger charge is -2.04. The number of quaternary nitrogens is 1. The van der Waals surface area contributed by atoms with Gasteiger partial charge in [0.05, 0.1) is 0 Å². The Morgan fingerprint density at radius 2 is 1.69 bits per heavy atom. The molecule has 1 aliphatic carbocycles. The molecule has 2 aromatic rings. The Labute approximate surface area is 95.1 Å². The van der Waals surface area contributed by atoms with E-state index in [0.717, 1.165) is 12.1 Å². The van der Waals surface area contributed by atoms with Gasteiger partial charge in [-0.1, -0.05) is 6.07 Å². The summed E-state index contributed by atoms with van der Waals surface area (Å²) >= 11 is 0. The molecule has 0 unspecified atom stereocenters. The highest BCUT2D eigenvalue weighted by Crippen LogP contribution is 2.38. The van der Waals surface area contributed by atoms with Gasteiger partial charge in [0.15, 0.2) is 0 Å². The van der Waals surface area contributed by atoms with E-state index in [1.165, 1.54) is 27.9 Å². The molecule has 2 aromatic carbocycles. The highest BCUT2D eigenvalue weighted by atomic mass is 14.8. The van der Waals surface area contributed by atoms with Crippen LogP contribution in [-0.2, 0) is 6.42 Å². The normalized spacial score (nSPS) is 12.1. The molecule has 0 saturated carbocycles. The smallest absolute Gasteiger partial charge is 0.128 e. The molecule has 0 fully saturated rings. The summed E-state index contributed by atoms with van der Waals surface area (Å²) < 4.78 is 0. The molecule has 16 heavy (non-hydrogen) atoms. The monoisotopic (exact) mass is 211 g/mol. The van der Waals surface area contributed by atoms with Crippen molar-refractivity contribution >= 4 is 11.4 Å². The fourth-order valence-electron chi connectivity index (χ4n) is 2.42. The quantitative estimate of drug-likeness (QED) is 0.636. The van der Waals surface area contributed by atoms with Crippen LogP contribution in [0.4, 0.5) is 11.4 Å². The highest BCUT2D eigenvalue weighted by Gasteiger charge is 2.18. The largest absolute Gasteiger partial charge is 0.388 e. The molecule has 0 amide bonds. The molecule has 0 spiro atoms. The van der Waals surface area contributed by atoms with E-state index in [9.17, 15) is 0 Å². The first-order valence-corrected chi connectivity index (χ1v) is 5.54. The predicted molar refractivity (Wildman–Crippen MR) is 66.8 cm³/mol. The molecule has 0 atom stereocenters. The SMILES string of the molecule is CNc1ccc2c(c1)Cc1cc([NH3+])ccc1-2. The lowest BCUT2D eigenvalue weighted by atomic mass is 10.1. The number of hydrogen-bond donors (Lipinski definition) is 2. The number of benzene rings is 2. The number of hydrogen-bond acceptors (Lipinski definition) is 1. The molecule has 0 aromatic heterocycles. The first-order valence-electron chi connectivity index (χ1n) is 5.54. The van der Waals surface area contributed by atoms with E-state index in [2.05, 4.69) is 47.4 Å². The van der Waals surface area contributed by atoms with Crippen LogP contribution in [0, 0.1) is 0 Å². The second kappa shape index (κ2) is 3.35. The van der Waals surface area contributed by atoms with Crippen molar-refractivity contribution in [2.75, 3.05) is 12.4 Å². The summed E-state index contributed by atoms with van der Waals surface area (Å²) in [6, 6.07) is 13.0. The summed E-state index contributed by atoms with van der Waals surface area (Å²) in [4.78, 5) is 0. The van der Waals surface area contributed by atoms with Crippen molar-refractivity contribution < 1.29 is 5.73 Å². The van der Waals surface area contributed by atoms with Crippen molar-refractivity contribution in [1.29, 1.82) is 0 Å². The molecular weight excluding hydrogens is 196 g/mol. The van der Waals surface area contributed by atoms with Gasteiger partial charge in [0.2, 0.25) is 0 Å². The molecule has 1 aliphatic rings. The van der Waals surface area contributed by atoms with Gasteiger partial charge in [-0.15, -0.1) is 0 Å². The molecule has 0 bridgehead atoms. The summed E-state index contributed by atoms with van der Waals surface area (Å²) in [6.45, 7) is 0. The summed E-state index contributed by atoms with van der Waals surface area (Å²) in [7, 11) is 1.96. The van der Waals surface area contributed by atoms with Crippen LogP contribution in [0.1, 0.15) is 11.1 Å². The van der Waals surface area contributed by atoms with Crippen molar-refractivity contribution in [1.82, 2.24) is 0 Å².